The van der Waals surface area contributed by atoms with E-state index < -0.39 is 11.2 Å². The molecule has 4 rings (SSSR count). The van der Waals surface area contributed by atoms with Crippen molar-refractivity contribution < 1.29 is 10.2 Å². The molecule has 0 radical (unpaired) electrons. The van der Waals surface area contributed by atoms with Crippen LogP contribution in [0, 0.1) is 52.8 Å². The monoisotopic (exact) mass is 400 g/mol. The zero-order chi connectivity index (χ0) is 21.1. The molecule has 4 fully saturated rings. The summed E-state index contributed by atoms with van der Waals surface area (Å²) in [5.41, 5.74) is -0.424. The largest absolute Gasteiger partial charge is 0.390 e. The molecule has 0 amide bonds. The van der Waals surface area contributed by atoms with Crippen LogP contribution in [-0.2, 0) is 0 Å². The fraction of sp³-hybridized carbons (Fsp3) is 0.926. The minimum Gasteiger partial charge on any atom is -0.390 e. The predicted molar refractivity (Wildman–Crippen MR) is 119 cm³/mol. The Labute approximate surface area is 179 Å². The van der Waals surface area contributed by atoms with Gasteiger partial charge in [-0.2, -0.15) is 0 Å². The van der Waals surface area contributed by atoms with Gasteiger partial charge in [-0.15, -0.1) is 6.42 Å². The first-order valence-electron chi connectivity index (χ1n) is 12.4. The van der Waals surface area contributed by atoms with Crippen molar-refractivity contribution in [3.05, 3.63) is 0 Å². The minimum absolute atomic E-state index is 0.432. The van der Waals surface area contributed by atoms with Crippen molar-refractivity contribution in [2.24, 2.45) is 40.4 Å². The lowest BCUT2D eigenvalue weighted by Gasteiger charge is -2.62. The van der Waals surface area contributed by atoms with Gasteiger partial charge in [0.1, 0.15) is 5.60 Å². The highest BCUT2D eigenvalue weighted by Gasteiger charge is 2.60. The quantitative estimate of drug-likeness (QED) is 0.572. The molecule has 2 heteroatoms. The Morgan fingerprint density at radius 2 is 1.69 bits per heavy atom. The van der Waals surface area contributed by atoms with Gasteiger partial charge in [-0.05, 0) is 131 Å². The van der Waals surface area contributed by atoms with Gasteiger partial charge < -0.3 is 10.2 Å². The first-order chi connectivity index (χ1) is 13.5. The van der Waals surface area contributed by atoms with Crippen LogP contribution in [0.2, 0.25) is 0 Å². The van der Waals surface area contributed by atoms with Crippen LogP contribution >= 0.6 is 0 Å². The standard InChI is InChI=1S/C27H44O2/c1-6-24(2,28)14-7-8-19-10-12-22-21-11-9-20-18-25(3,29)16-17-27(20,5)23(21)13-15-26(19,22)4/h1,19-23,28-29H,7-18H2,2-5H3/t19-,20-,21-,22-,23-,24?,25-,26+,27-/m0/s1. The third-order valence-electron chi connectivity index (χ3n) is 10.7. The van der Waals surface area contributed by atoms with Crippen molar-refractivity contribution in [3.63, 3.8) is 0 Å². The average molecular weight is 401 g/mol. The van der Waals surface area contributed by atoms with E-state index in [0.29, 0.717) is 10.8 Å². The van der Waals surface area contributed by atoms with E-state index >= 15 is 0 Å². The minimum atomic E-state index is -0.939. The molecule has 29 heavy (non-hydrogen) atoms. The molecule has 0 heterocycles. The van der Waals surface area contributed by atoms with Crippen LogP contribution in [-0.4, -0.2) is 21.4 Å². The lowest BCUT2D eigenvalue weighted by molar-refractivity contribution is -0.146. The van der Waals surface area contributed by atoms with E-state index in [1.165, 1.54) is 51.4 Å². The van der Waals surface area contributed by atoms with E-state index in [1.807, 2.05) is 0 Å². The summed E-state index contributed by atoms with van der Waals surface area (Å²) < 4.78 is 0. The third kappa shape index (κ3) is 3.70. The number of terminal acetylenes is 1. The normalized spacial score (nSPS) is 51.3. The Bertz CT molecular complexity index is 658. The van der Waals surface area contributed by atoms with Gasteiger partial charge >= 0.3 is 0 Å². The van der Waals surface area contributed by atoms with E-state index in [2.05, 4.69) is 26.7 Å². The molecule has 0 saturated heterocycles. The van der Waals surface area contributed by atoms with E-state index in [9.17, 15) is 10.2 Å². The molecule has 164 valence electrons. The molecule has 2 nitrogen and oxygen atoms in total. The molecule has 0 spiro atoms. The summed E-state index contributed by atoms with van der Waals surface area (Å²) >= 11 is 0. The molecule has 0 aliphatic heterocycles. The molecule has 0 bridgehead atoms. The molecule has 2 N–H and O–H groups in total. The molecule has 0 aromatic heterocycles. The Hall–Kier alpha value is -0.520. The van der Waals surface area contributed by atoms with Crippen molar-refractivity contribution in [3.8, 4) is 12.3 Å². The van der Waals surface area contributed by atoms with Gasteiger partial charge in [0.05, 0.1) is 5.60 Å². The SMILES string of the molecule is C#CC(C)(O)CCC[C@H]1CC[C@H]2[C@@H]3CC[C@H]4C[C@@](C)(O)CC[C@]4(C)[C@H]3CC[C@]12C. The fourth-order valence-electron chi connectivity index (χ4n) is 8.78. The molecule has 4 saturated carbocycles. The maximum atomic E-state index is 10.7. The lowest BCUT2D eigenvalue weighted by atomic mass is 9.44. The van der Waals surface area contributed by atoms with Crippen LogP contribution in [0.5, 0.6) is 0 Å². The van der Waals surface area contributed by atoms with Gasteiger partial charge in [-0.3, -0.25) is 0 Å². The van der Waals surface area contributed by atoms with Crippen molar-refractivity contribution in [2.45, 2.75) is 116 Å². The van der Waals surface area contributed by atoms with Crippen LogP contribution < -0.4 is 0 Å². The summed E-state index contributed by atoms with van der Waals surface area (Å²) in [6.07, 6.45) is 20.0. The highest BCUT2D eigenvalue weighted by atomic mass is 16.3. The van der Waals surface area contributed by atoms with Crippen LogP contribution in [0.4, 0.5) is 0 Å². The van der Waals surface area contributed by atoms with Crippen LogP contribution in [0.15, 0.2) is 0 Å². The molecule has 4 aliphatic rings. The van der Waals surface area contributed by atoms with Gasteiger partial charge in [0.25, 0.3) is 0 Å². The first-order valence-corrected chi connectivity index (χ1v) is 12.4. The number of hydrogen-bond acceptors (Lipinski definition) is 2. The molecule has 9 atom stereocenters. The summed E-state index contributed by atoms with van der Waals surface area (Å²) in [7, 11) is 0. The van der Waals surface area contributed by atoms with Gasteiger partial charge in [-0.25, -0.2) is 0 Å². The van der Waals surface area contributed by atoms with Crippen LogP contribution in [0.25, 0.3) is 0 Å². The smallest absolute Gasteiger partial charge is 0.122 e. The van der Waals surface area contributed by atoms with Gasteiger partial charge in [-0.1, -0.05) is 19.8 Å². The summed E-state index contributed by atoms with van der Waals surface area (Å²) in [4.78, 5) is 0. The van der Waals surface area contributed by atoms with Gasteiger partial charge in [0.15, 0.2) is 0 Å². The Morgan fingerprint density at radius 1 is 0.966 bits per heavy atom. The second-order valence-electron chi connectivity index (χ2n) is 12.5. The second kappa shape index (κ2) is 7.27. The predicted octanol–water partition coefficient (Wildman–Crippen LogP) is 5.95. The highest BCUT2D eigenvalue weighted by molar-refractivity contribution is 5.10. The van der Waals surface area contributed by atoms with Gasteiger partial charge in [0, 0.05) is 0 Å². The molecule has 4 aliphatic carbocycles. The zero-order valence-corrected chi connectivity index (χ0v) is 19.3. The number of rotatable bonds is 4. The summed E-state index contributed by atoms with van der Waals surface area (Å²) in [5, 5.41) is 20.8. The number of hydrogen-bond donors (Lipinski definition) is 2. The molecule has 1 unspecified atom stereocenters. The van der Waals surface area contributed by atoms with Crippen molar-refractivity contribution in [1.29, 1.82) is 0 Å². The molecule has 0 aromatic rings. The first kappa shape index (κ1) is 21.7. The van der Waals surface area contributed by atoms with E-state index in [1.54, 1.807) is 6.92 Å². The summed E-state index contributed by atoms with van der Waals surface area (Å²) in [5.74, 6) is 6.73. The maximum Gasteiger partial charge on any atom is 0.122 e. The van der Waals surface area contributed by atoms with Gasteiger partial charge in [0.2, 0.25) is 0 Å². The Kier molecular flexibility index (Phi) is 5.44. The van der Waals surface area contributed by atoms with Crippen molar-refractivity contribution in [1.82, 2.24) is 0 Å². The van der Waals surface area contributed by atoms with Crippen molar-refractivity contribution >= 4 is 0 Å². The fourth-order valence-corrected chi connectivity index (χ4v) is 8.78. The van der Waals surface area contributed by atoms with E-state index in [4.69, 9.17) is 6.42 Å². The average Bonchev–Trinajstić information content (AvgIpc) is 2.99. The number of fused-ring (bicyclic) bond motifs is 5. The molecular weight excluding hydrogens is 356 g/mol. The van der Waals surface area contributed by atoms with Crippen LogP contribution in [0.1, 0.15) is 105 Å². The lowest BCUT2D eigenvalue weighted by Crippen LogP contribution is -2.55. The molecule has 0 aromatic carbocycles. The maximum absolute atomic E-state index is 10.7. The highest BCUT2D eigenvalue weighted by Crippen LogP contribution is 2.68. The summed E-state index contributed by atoms with van der Waals surface area (Å²) in [6, 6.07) is 0. The second-order valence-corrected chi connectivity index (χ2v) is 12.5. The van der Waals surface area contributed by atoms with Crippen LogP contribution in [0.3, 0.4) is 0 Å². The Morgan fingerprint density at radius 3 is 2.41 bits per heavy atom. The Balaban J connectivity index is 1.45. The van der Waals surface area contributed by atoms with E-state index in [-0.39, 0.29) is 0 Å². The topological polar surface area (TPSA) is 40.5 Å². The summed E-state index contributed by atoms with van der Waals surface area (Å²) in [6.45, 7) is 9.03. The van der Waals surface area contributed by atoms with Crippen molar-refractivity contribution in [2.75, 3.05) is 0 Å². The zero-order valence-electron chi connectivity index (χ0n) is 19.3. The molecular formula is C27H44O2. The third-order valence-corrected chi connectivity index (χ3v) is 10.7. The van der Waals surface area contributed by atoms with E-state index in [0.717, 1.165) is 55.3 Å². The number of aliphatic hydroxyl groups is 2.